The van der Waals surface area contributed by atoms with Gasteiger partial charge in [-0.15, -0.1) is 0 Å². The molecule has 0 saturated carbocycles. The molecule has 41 heavy (non-hydrogen) atoms. The first kappa shape index (κ1) is 35.5. The van der Waals surface area contributed by atoms with Crippen molar-refractivity contribution in [2.24, 2.45) is 11.8 Å². The summed E-state index contributed by atoms with van der Waals surface area (Å²) in [5, 5.41) is 0. The van der Waals surface area contributed by atoms with E-state index < -0.39 is 35.7 Å². The molecule has 1 fully saturated rings. The maximum atomic E-state index is 13.4. The van der Waals surface area contributed by atoms with Crippen molar-refractivity contribution in [2.45, 2.75) is 85.0 Å². The number of ketones is 1. The van der Waals surface area contributed by atoms with E-state index in [-0.39, 0.29) is 50.9 Å². The summed E-state index contributed by atoms with van der Waals surface area (Å²) >= 11 is 0. The van der Waals surface area contributed by atoms with Crippen molar-refractivity contribution < 1.29 is 43.0 Å². The molecule has 1 aliphatic heterocycles. The zero-order valence-corrected chi connectivity index (χ0v) is 24.8. The first-order chi connectivity index (χ1) is 19.4. The molecular formula is C31H45NO9. The third kappa shape index (κ3) is 13.1. The number of ether oxygens (including phenoxy) is 3. The monoisotopic (exact) mass is 575 g/mol. The number of likely N-dealkylation sites (tertiary alicyclic amines) is 1. The molecule has 0 spiro atoms. The molecule has 2 amide bonds. The average Bonchev–Trinajstić information content (AvgIpc) is 2.99. The van der Waals surface area contributed by atoms with Crippen LogP contribution in [0.5, 0.6) is 0 Å². The topological polar surface area (TPSA) is 133 Å². The van der Waals surface area contributed by atoms with Gasteiger partial charge in [0.2, 0.25) is 11.8 Å². The van der Waals surface area contributed by atoms with E-state index in [0.717, 1.165) is 0 Å². The summed E-state index contributed by atoms with van der Waals surface area (Å²) in [5.41, 5.74) is 0.912. The number of esters is 3. The Bertz CT molecular complexity index is 1010. The second-order valence-electron chi connectivity index (χ2n) is 10.5. The minimum atomic E-state index is -0.936. The maximum absolute atomic E-state index is 13.4. The third-order valence-corrected chi connectivity index (χ3v) is 6.62. The van der Waals surface area contributed by atoms with Crippen molar-refractivity contribution in [3.8, 4) is 0 Å². The summed E-state index contributed by atoms with van der Waals surface area (Å²) in [6.45, 7) is 16.0. The van der Waals surface area contributed by atoms with Crippen molar-refractivity contribution >= 4 is 35.5 Å². The molecule has 2 unspecified atom stereocenters. The molecule has 228 valence electrons. The number of unbranched alkanes of at least 4 members (excludes halogenated alkanes) is 4. The number of hydrogen-bond donors (Lipinski definition) is 0. The number of Topliss-reactive ketones (excluding diaryl/α,β-unsaturated/α-hetero) is 1. The van der Waals surface area contributed by atoms with Crippen LogP contribution in [0.2, 0.25) is 0 Å². The lowest BCUT2D eigenvalue weighted by atomic mass is 9.90. The Kier molecular flexibility index (Phi) is 16.2. The van der Waals surface area contributed by atoms with E-state index in [0.29, 0.717) is 68.1 Å². The van der Waals surface area contributed by atoms with E-state index in [1.807, 2.05) is 0 Å². The summed E-state index contributed by atoms with van der Waals surface area (Å²) in [6, 6.07) is 0. The molecule has 2 atom stereocenters. The second-order valence-corrected chi connectivity index (χ2v) is 10.5. The SMILES string of the molecule is C=C(C)C(=O)OCCCCCN1C(=O)C(CCCCOC(=O)C(=C)C)CC(=O)C(CCCCOC(=O)C(=C)C)C1=O. The Hall–Kier alpha value is -3.56. The van der Waals surface area contributed by atoms with Gasteiger partial charge in [-0.2, -0.15) is 0 Å². The van der Waals surface area contributed by atoms with Gasteiger partial charge < -0.3 is 14.2 Å². The highest BCUT2D eigenvalue weighted by molar-refractivity contribution is 6.11. The van der Waals surface area contributed by atoms with Gasteiger partial charge in [0.05, 0.1) is 25.7 Å². The Morgan fingerprint density at radius 1 is 0.659 bits per heavy atom. The lowest BCUT2D eigenvalue weighted by Gasteiger charge is -2.24. The van der Waals surface area contributed by atoms with E-state index in [4.69, 9.17) is 14.2 Å². The van der Waals surface area contributed by atoms with Gasteiger partial charge in [-0.05, 0) is 78.6 Å². The smallest absolute Gasteiger partial charge is 0.333 e. The van der Waals surface area contributed by atoms with E-state index >= 15 is 0 Å². The molecule has 0 N–H and O–H groups in total. The highest BCUT2D eigenvalue weighted by Gasteiger charge is 2.41. The number of hydrogen-bond acceptors (Lipinski definition) is 9. The van der Waals surface area contributed by atoms with Gasteiger partial charge in [-0.25, -0.2) is 14.4 Å². The average molecular weight is 576 g/mol. The summed E-state index contributed by atoms with van der Waals surface area (Å²) in [7, 11) is 0. The van der Waals surface area contributed by atoms with Crippen LogP contribution in [0, 0.1) is 11.8 Å². The second kappa shape index (κ2) is 18.7. The number of nitrogens with zero attached hydrogens (tertiary/aromatic N) is 1. The molecule has 10 nitrogen and oxygen atoms in total. The van der Waals surface area contributed by atoms with Crippen LogP contribution in [0.25, 0.3) is 0 Å². The molecule has 1 saturated heterocycles. The standard InChI is InChI=1S/C31H45NO9/c1-21(2)29(36)39-17-11-7-10-16-32-27(34)24(14-8-12-18-40-30(37)22(3)4)20-26(33)25(28(32)35)15-9-13-19-41-31(38)23(5)6/h24-25H,1,3,5,7-20H2,2,4,6H3. The molecule has 0 aromatic heterocycles. The van der Waals surface area contributed by atoms with Gasteiger partial charge in [0.1, 0.15) is 5.78 Å². The molecule has 1 rings (SSSR count). The number of imide groups is 1. The fourth-order valence-electron chi connectivity index (χ4n) is 4.21. The predicted molar refractivity (Wildman–Crippen MR) is 152 cm³/mol. The maximum Gasteiger partial charge on any atom is 0.333 e. The van der Waals surface area contributed by atoms with Gasteiger partial charge in [-0.3, -0.25) is 19.3 Å². The van der Waals surface area contributed by atoms with Crippen LogP contribution in [0.15, 0.2) is 36.5 Å². The zero-order valence-electron chi connectivity index (χ0n) is 24.8. The van der Waals surface area contributed by atoms with E-state index in [2.05, 4.69) is 19.7 Å². The first-order valence-corrected chi connectivity index (χ1v) is 14.2. The molecule has 0 aromatic rings. The fraction of sp³-hybridized carbons (Fsp3) is 0.613. The molecule has 0 aliphatic carbocycles. The van der Waals surface area contributed by atoms with Gasteiger partial charge in [0.25, 0.3) is 0 Å². The Morgan fingerprint density at radius 3 is 1.56 bits per heavy atom. The van der Waals surface area contributed by atoms with Crippen molar-refractivity contribution in [3.63, 3.8) is 0 Å². The number of rotatable bonds is 19. The predicted octanol–water partition coefficient (Wildman–Crippen LogP) is 4.42. The molecule has 10 heteroatoms. The quantitative estimate of drug-likeness (QED) is 0.0548. The summed E-state index contributed by atoms with van der Waals surface area (Å²) in [5.74, 6) is -4.13. The van der Waals surface area contributed by atoms with Gasteiger partial charge in [0.15, 0.2) is 0 Å². The Morgan fingerprint density at radius 2 is 1.10 bits per heavy atom. The van der Waals surface area contributed by atoms with Crippen molar-refractivity contribution in [1.29, 1.82) is 0 Å². The number of carbonyl (C=O) groups is 6. The van der Waals surface area contributed by atoms with Crippen molar-refractivity contribution in [1.82, 2.24) is 4.90 Å². The molecular weight excluding hydrogens is 530 g/mol. The molecule has 1 heterocycles. The number of carbonyl (C=O) groups excluding carboxylic acids is 6. The molecule has 0 bridgehead atoms. The van der Waals surface area contributed by atoms with Gasteiger partial charge in [-0.1, -0.05) is 19.7 Å². The minimum Gasteiger partial charge on any atom is -0.462 e. The molecule has 1 aliphatic rings. The van der Waals surface area contributed by atoms with Gasteiger partial charge >= 0.3 is 17.9 Å². The van der Waals surface area contributed by atoms with Crippen LogP contribution in [-0.4, -0.2) is 66.8 Å². The van der Waals surface area contributed by atoms with Crippen LogP contribution < -0.4 is 0 Å². The lowest BCUT2D eigenvalue weighted by molar-refractivity contribution is -0.149. The van der Waals surface area contributed by atoms with Crippen LogP contribution in [-0.2, 0) is 43.0 Å². The van der Waals surface area contributed by atoms with Crippen LogP contribution >= 0.6 is 0 Å². The van der Waals surface area contributed by atoms with E-state index in [1.165, 1.54) is 4.90 Å². The van der Waals surface area contributed by atoms with Gasteiger partial charge in [0, 0.05) is 35.6 Å². The normalized spacial score (nSPS) is 17.0. The summed E-state index contributed by atoms with van der Waals surface area (Å²) < 4.78 is 15.3. The Balaban J connectivity index is 2.78. The highest BCUT2D eigenvalue weighted by Crippen LogP contribution is 2.28. The van der Waals surface area contributed by atoms with Crippen LogP contribution in [0.4, 0.5) is 0 Å². The van der Waals surface area contributed by atoms with Crippen LogP contribution in [0.1, 0.15) is 85.0 Å². The Labute approximate surface area is 243 Å². The fourth-order valence-corrected chi connectivity index (χ4v) is 4.21. The minimum absolute atomic E-state index is 0.0290. The largest absolute Gasteiger partial charge is 0.462 e. The number of amides is 2. The first-order valence-electron chi connectivity index (χ1n) is 14.2. The lowest BCUT2D eigenvalue weighted by Crippen LogP contribution is -2.42. The molecule has 0 aromatic carbocycles. The zero-order chi connectivity index (χ0) is 30.9. The van der Waals surface area contributed by atoms with Crippen molar-refractivity contribution in [2.75, 3.05) is 26.4 Å². The van der Waals surface area contributed by atoms with E-state index in [9.17, 15) is 28.8 Å². The molecule has 0 radical (unpaired) electrons. The summed E-state index contributed by atoms with van der Waals surface area (Å²) in [6.07, 6.45) is 4.30. The summed E-state index contributed by atoms with van der Waals surface area (Å²) in [4.78, 5) is 75.8. The highest BCUT2D eigenvalue weighted by atomic mass is 16.5. The van der Waals surface area contributed by atoms with E-state index in [1.54, 1.807) is 20.8 Å². The van der Waals surface area contributed by atoms with Crippen LogP contribution in [0.3, 0.4) is 0 Å². The third-order valence-electron chi connectivity index (χ3n) is 6.62. The van der Waals surface area contributed by atoms with Crippen molar-refractivity contribution in [3.05, 3.63) is 36.5 Å².